The van der Waals surface area contributed by atoms with Gasteiger partial charge in [0.15, 0.2) is 9.84 Å². The average molecular weight is 315 g/mol. The lowest BCUT2D eigenvalue weighted by atomic mass is 9.64. The molecule has 2 unspecified atom stereocenters. The van der Waals surface area contributed by atoms with Crippen molar-refractivity contribution in [1.82, 2.24) is 0 Å². The molecule has 2 fully saturated rings. The summed E-state index contributed by atoms with van der Waals surface area (Å²) in [6.45, 7) is 0. The Hall–Kier alpha value is -0.740. The average Bonchev–Trinajstić information content (AvgIpc) is 2.90. The van der Waals surface area contributed by atoms with Gasteiger partial charge in [0.2, 0.25) is 0 Å². The normalized spacial score (nSPS) is 28.3. The monoisotopic (exact) mass is 314 g/mol. The standard InChI is InChI=1S/C15H19ClO3S/c1-20(17,18)12-6-4-11(5-7-12)19-14-10-13(16)15(14)8-2-3-9-15/h4-7,13-14H,2-3,8-10H2,1H3. The fraction of sp³-hybridized carbons (Fsp3) is 0.600. The predicted molar refractivity (Wildman–Crippen MR) is 79.1 cm³/mol. The maximum atomic E-state index is 11.4. The minimum Gasteiger partial charge on any atom is -0.490 e. The van der Waals surface area contributed by atoms with Crippen LogP contribution in [-0.2, 0) is 9.84 Å². The van der Waals surface area contributed by atoms with Gasteiger partial charge in [0, 0.05) is 23.5 Å². The summed E-state index contributed by atoms with van der Waals surface area (Å²) in [5.74, 6) is 0.734. The van der Waals surface area contributed by atoms with Crippen molar-refractivity contribution in [1.29, 1.82) is 0 Å². The molecule has 110 valence electrons. The second kappa shape index (κ2) is 4.92. The van der Waals surface area contributed by atoms with Crippen LogP contribution < -0.4 is 4.74 Å². The molecular formula is C15H19ClO3S. The molecule has 5 heteroatoms. The zero-order chi connectivity index (χ0) is 14.4. The Balaban J connectivity index is 1.73. The topological polar surface area (TPSA) is 43.4 Å². The van der Waals surface area contributed by atoms with Crippen LogP contribution in [0.5, 0.6) is 5.75 Å². The van der Waals surface area contributed by atoms with Crippen molar-refractivity contribution in [3.63, 3.8) is 0 Å². The summed E-state index contributed by atoms with van der Waals surface area (Å²) in [4.78, 5) is 0.323. The molecule has 0 amide bonds. The zero-order valence-electron chi connectivity index (χ0n) is 11.5. The van der Waals surface area contributed by atoms with Gasteiger partial charge in [-0.2, -0.15) is 0 Å². The van der Waals surface area contributed by atoms with Gasteiger partial charge < -0.3 is 4.74 Å². The molecule has 0 bridgehead atoms. The first kappa shape index (κ1) is 14.2. The van der Waals surface area contributed by atoms with E-state index in [1.165, 1.54) is 19.1 Å². The van der Waals surface area contributed by atoms with E-state index in [-0.39, 0.29) is 16.9 Å². The van der Waals surface area contributed by atoms with Crippen LogP contribution in [0.25, 0.3) is 0 Å². The quantitative estimate of drug-likeness (QED) is 0.803. The van der Waals surface area contributed by atoms with E-state index in [0.717, 1.165) is 25.0 Å². The lowest BCUT2D eigenvalue weighted by Crippen LogP contribution is -2.55. The molecule has 2 saturated carbocycles. The molecular weight excluding hydrogens is 296 g/mol. The summed E-state index contributed by atoms with van der Waals surface area (Å²) in [6.07, 6.45) is 7.03. The molecule has 0 saturated heterocycles. The Bertz CT molecular complexity index is 588. The van der Waals surface area contributed by atoms with Crippen molar-refractivity contribution in [3.05, 3.63) is 24.3 Å². The number of benzene rings is 1. The zero-order valence-corrected chi connectivity index (χ0v) is 13.1. The molecule has 1 aromatic rings. The molecule has 1 aromatic carbocycles. The summed E-state index contributed by atoms with van der Waals surface area (Å²) in [6, 6.07) is 6.67. The Labute approximate surface area is 125 Å². The number of sulfone groups is 1. The molecule has 20 heavy (non-hydrogen) atoms. The SMILES string of the molecule is CS(=O)(=O)c1ccc(OC2CC(Cl)C23CCCC3)cc1. The Morgan fingerprint density at radius 1 is 1.20 bits per heavy atom. The number of rotatable bonds is 3. The third-order valence-electron chi connectivity index (χ3n) is 4.75. The maximum absolute atomic E-state index is 11.4. The first-order valence-corrected chi connectivity index (χ1v) is 9.35. The van der Waals surface area contributed by atoms with Crippen molar-refractivity contribution in [2.75, 3.05) is 6.26 Å². The third-order valence-corrected chi connectivity index (χ3v) is 6.49. The van der Waals surface area contributed by atoms with Crippen molar-refractivity contribution >= 4 is 21.4 Å². The summed E-state index contributed by atoms with van der Waals surface area (Å²) < 4.78 is 28.9. The molecule has 2 atom stereocenters. The van der Waals surface area contributed by atoms with Gasteiger partial charge in [-0.05, 0) is 37.1 Å². The molecule has 2 aliphatic carbocycles. The Morgan fingerprint density at radius 2 is 1.80 bits per heavy atom. The summed E-state index contributed by atoms with van der Waals surface area (Å²) in [7, 11) is -3.15. The third kappa shape index (κ3) is 2.33. The molecule has 3 rings (SSSR count). The summed E-state index contributed by atoms with van der Waals surface area (Å²) in [5, 5.41) is 0.227. The second-order valence-corrected chi connectivity index (χ2v) is 8.54. The highest BCUT2D eigenvalue weighted by Gasteiger charge is 2.56. The van der Waals surface area contributed by atoms with Crippen molar-refractivity contribution < 1.29 is 13.2 Å². The second-order valence-electron chi connectivity index (χ2n) is 5.99. The van der Waals surface area contributed by atoms with Gasteiger partial charge in [-0.3, -0.25) is 0 Å². The number of hydrogen-bond donors (Lipinski definition) is 0. The van der Waals surface area contributed by atoms with Gasteiger partial charge in [-0.15, -0.1) is 11.6 Å². The van der Waals surface area contributed by atoms with Crippen molar-refractivity contribution in [2.45, 2.75) is 48.5 Å². The molecule has 2 aliphatic rings. The van der Waals surface area contributed by atoms with Crippen LogP contribution >= 0.6 is 11.6 Å². The van der Waals surface area contributed by atoms with Crippen LogP contribution in [0.2, 0.25) is 0 Å². The number of alkyl halides is 1. The van der Waals surface area contributed by atoms with Gasteiger partial charge in [0.25, 0.3) is 0 Å². The maximum Gasteiger partial charge on any atom is 0.175 e. The van der Waals surface area contributed by atoms with E-state index in [1.54, 1.807) is 24.3 Å². The van der Waals surface area contributed by atoms with Crippen LogP contribution in [0.1, 0.15) is 32.1 Å². The van der Waals surface area contributed by atoms with Gasteiger partial charge >= 0.3 is 0 Å². The van der Waals surface area contributed by atoms with Gasteiger partial charge in [-0.1, -0.05) is 12.8 Å². The predicted octanol–water partition coefficient (Wildman–Crippen LogP) is 3.41. The molecule has 0 radical (unpaired) electrons. The Morgan fingerprint density at radius 3 is 2.30 bits per heavy atom. The lowest BCUT2D eigenvalue weighted by molar-refractivity contribution is -0.0355. The number of ether oxygens (including phenoxy) is 1. The van der Waals surface area contributed by atoms with E-state index in [1.807, 2.05) is 0 Å². The van der Waals surface area contributed by atoms with Gasteiger partial charge in [0.1, 0.15) is 11.9 Å². The van der Waals surface area contributed by atoms with Gasteiger partial charge in [-0.25, -0.2) is 8.42 Å². The summed E-state index contributed by atoms with van der Waals surface area (Å²) >= 11 is 6.40. The lowest BCUT2D eigenvalue weighted by Gasteiger charge is -2.50. The van der Waals surface area contributed by atoms with Crippen LogP contribution in [0, 0.1) is 5.41 Å². The van der Waals surface area contributed by atoms with Crippen LogP contribution in [0.4, 0.5) is 0 Å². The minimum absolute atomic E-state index is 0.150. The van der Waals surface area contributed by atoms with E-state index in [2.05, 4.69) is 0 Å². The first-order chi connectivity index (χ1) is 9.42. The molecule has 1 spiro atoms. The molecule has 0 heterocycles. The Kier molecular flexibility index (Phi) is 3.49. The van der Waals surface area contributed by atoms with Crippen LogP contribution in [0.3, 0.4) is 0 Å². The highest BCUT2D eigenvalue weighted by molar-refractivity contribution is 7.90. The fourth-order valence-corrected chi connectivity index (χ4v) is 4.61. The first-order valence-electron chi connectivity index (χ1n) is 7.03. The largest absolute Gasteiger partial charge is 0.490 e. The molecule has 3 nitrogen and oxygen atoms in total. The fourth-order valence-electron chi connectivity index (χ4n) is 3.46. The van der Waals surface area contributed by atoms with E-state index < -0.39 is 9.84 Å². The van der Waals surface area contributed by atoms with E-state index in [0.29, 0.717) is 4.90 Å². The summed E-state index contributed by atoms with van der Waals surface area (Å²) in [5.41, 5.74) is 0.150. The minimum atomic E-state index is -3.15. The molecule has 0 aliphatic heterocycles. The molecule has 0 aromatic heterocycles. The van der Waals surface area contributed by atoms with Crippen LogP contribution in [0.15, 0.2) is 29.2 Å². The molecule has 0 N–H and O–H groups in total. The van der Waals surface area contributed by atoms with Crippen LogP contribution in [-0.4, -0.2) is 26.2 Å². The van der Waals surface area contributed by atoms with E-state index >= 15 is 0 Å². The number of halogens is 1. The highest BCUT2D eigenvalue weighted by Crippen LogP contribution is 2.57. The van der Waals surface area contributed by atoms with Gasteiger partial charge in [0.05, 0.1) is 4.90 Å². The van der Waals surface area contributed by atoms with E-state index in [4.69, 9.17) is 16.3 Å². The number of hydrogen-bond acceptors (Lipinski definition) is 3. The highest BCUT2D eigenvalue weighted by atomic mass is 35.5. The van der Waals surface area contributed by atoms with Crippen molar-refractivity contribution in [3.8, 4) is 5.75 Å². The van der Waals surface area contributed by atoms with E-state index in [9.17, 15) is 8.42 Å². The smallest absolute Gasteiger partial charge is 0.175 e. The van der Waals surface area contributed by atoms with Crippen molar-refractivity contribution in [2.24, 2.45) is 5.41 Å².